The number of carbonyl (C=O) groups is 3. The molecule has 284 valence electrons. The Balaban J connectivity index is 1.22. The summed E-state index contributed by atoms with van der Waals surface area (Å²) < 4.78 is 11.8. The van der Waals surface area contributed by atoms with E-state index in [4.69, 9.17) is 9.47 Å². The first kappa shape index (κ1) is 38.7. The Morgan fingerprint density at radius 3 is 2.23 bits per heavy atom. The Morgan fingerprint density at radius 1 is 0.906 bits per heavy atom. The molecule has 9 atom stereocenters. The zero-order chi connectivity index (χ0) is 38.2. The number of rotatable bonds is 11. The largest absolute Gasteiger partial charge is 0.432 e. The summed E-state index contributed by atoms with van der Waals surface area (Å²) in [7, 11) is -3.05. The van der Waals surface area contributed by atoms with Crippen LogP contribution in [0.3, 0.4) is 0 Å². The van der Waals surface area contributed by atoms with Crippen LogP contribution in [-0.2, 0) is 42.5 Å². The number of aliphatic hydroxyl groups is 5. The fraction of sp³-hybridized carbons (Fsp3) is 0.447. The molecule has 3 heterocycles. The Morgan fingerprint density at radius 2 is 1.57 bits per heavy atom. The maximum absolute atomic E-state index is 14.7. The summed E-state index contributed by atoms with van der Waals surface area (Å²) in [5, 5.41) is 52.0. The van der Waals surface area contributed by atoms with E-state index in [0.717, 1.165) is 5.56 Å². The van der Waals surface area contributed by atoms with Crippen LogP contribution in [0.2, 0.25) is 18.6 Å². The molecule has 0 bridgehead atoms. The summed E-state index contributed by atoms with van der Waals surface area (Å²) in [6.07, 6.45) is -9.67. The number of benzene rings is 3. The van der Waals surface area contributed by atoms with Crippen molar-refractivity contribution in [1.29, 1.82) is 0 Å². The van der Waals surface area contributed by atoms with E-state index in [-0.39, 0.29) is 37.9 Å². The van der Waals surface area contributed by atoms with Gasteiger partial charge in [-0.1, -0.05) is 67.6 Å². The number of anilines is 2. The molecule has 53 heavy (non-hydrogen) atoms. The predicted molar refractivity (Wildman–Crippen MR) is 194 cm³/mol. The van der Waals surface area contributed by atoms with E-state index in [0.29, 0.717) is 29.0 Å². The standard InChI is InChI=1S/C38H47N3O11Si/c1-22-34(53(2,3)50)28(19-29(43)40(17-18-42)20-23-9-5-4-6-10-23)52-38(22)26-11-7-8-12-27(26)41(37(38)49)21-24-13-15-25(16-14-24)39-35(47)33-31(45)30(44)32(46)36(48)51-33/h4-16,22,28,30-34,36,42,44-46,48,50H,17-21H2,1-3H3,(H,39,47)/t22-,28+,30+,31+,32-,33+,34-,36-,38+/m1/s1. The van der Waals surface area contributed by atoms with Crippen LogP contribution < -0.4 is 10.2 Å². The highest BCUT2D eigenvalue weighted by molar-refractivity contribution is 6.71. The first-order valence-corrected chi connectivity index (χ1v) is 20.7. The number of para-hydroxylation sites is 1. The van der Waals surface area contributed by atoms with E-state index in [2.05, 4.69) is 5.32 Å². The van der Waals surface area contributed by atoms with Gasteiger partial charge in [0.05, 0.1) is 31.4 Å². The molecule has 0 aromatic heterocycles. The van der Waals surface area contributed by atoms with Crippen molar-refractivity contribution in [1.82, 2.24) is 4.90 Å². The number of carbonyl (C=O) groups excluding carboxylic acids is 3. The second-order valence-electron chi connectivity index (χ2n) is 14.6. The monoisotopic (exact) mass is 749 g/mol. The first-order chi connectivity index (χ1) is 25.2. The average Bonchev–Trinajstić information content (AvgIpc) is 3.55. The minimum atomic E-state index is -3.05. The summed E-state index contributed by atoms with van der Waals surface area (Å²) >= 11 is 0. The number of fused-ring (bicyclic) bond motifs is 2. The summed E-state index contributed by atoms with van der Waals surface area (Å²) in [6.45, 7) is 5.82. The number of amides is 3. The van der Waals surface area contributed by atoms with Crippen LogP contribution in [0.1, 0.15) is 30.0 Å². The van der Waals surface area contributed by atoms with Crippen LogP contribution in [0.5, 0.6) is 0 Å². The van der Waals surface area contributed by atoms with Gasteiger partial charge < -0.3 is 54.9 Å². The molecule has 3 amide bonds. The molecule has 3 aliphatic heterocycles. The van der Waals surface area contributed by atoms with Gasteiger partial charge in [0.25, 0.3) is 11.8 Å². The van der Waals surface area contributed by atoms with Gasteiger partial charge in [0.15, 0.2) is 26.3 Å². The molecular formula is C38H47N3O11Si. The molecule has 2 fully saturated rings. The lowest BCUT2D eigenvalue weighted by Crippen LogP contribution is -2.60. The van der Waals surface area contributed by atoms with E-state index in [9.17, 15) is 44.7 Å². The highest BCUT2D eigenvalue weighted by Gasteiger charge is 2.66. The number of ether oxygens (including phenoxy) is 2. The number of aliphatic hydroxyl groups excluding tert-OH is 5. The third-order valence-electron chi connectivity index (χ3n) is 10.6. The molecule has 3 aliphatic rings. The normalized spacial score (nSPS) is 29.7. The summed E-state index contributed by atoms with van der Waals surface area (Å²) in [4.78, 5) is 56.2. The zero-order valence-corrected chi connectivity index (χ0v) is 30.8. The summed E-state index contributed by atoms with van der Waals surface area (Å²) in [5.41, 5.74) is 1.28. The lowest BCUT2D eigenvalue weighted by molar-refractivity contribution is -0.274. The van der Waals surface area contributed by atoms with Crippen molar-refractivity contribution < 1.29 is 54.2 Å². The van der Waals surface area contributed by atoms with Gasteiger partial charge in [-0.05, 0) is 42.4 Å². The van der Waals surface area contributed by atoms with Gasteiger partial charge in [-0.2, -0.15) is 0 Å². The van der Waals surface area contributed by atoms with Gasteiger partial charge in [0, 0.05) is 35.8 Å². The van der Waals surface area contributed by atoms with Crippen molar-refractivity contribution in [3.8, 4) is 0 Å². The fourth-order valence-corrected chi connectivity index (χ4v) is 10.6. The molecule has 0 unspecified atom stereocenters. The van der Waals surface area contributed by atoms with Crippen LogP contribution in [0, 0.1) is 5.92 Å². The molecular weight excluding hydrogens is 703 g/mol. The smallest absolute Gasteiger partial charge is 0.264 e. The molecule has 0 radical (unpaired) electrons. The van der Waals surface area contributed by atoms with E-state index in [1.54, 1.807) is 47.2 Å². The maximum Gasteiger partial charge on any atom is 0.264 e. The Hall–Kier alpha value is -4.03. The molecule has 2 saturated heterocycles. The quantitative estimate of drug-likeness (QED) is 0.139. The molecule has 14 nitrogen and oxygen atoms in total. The van der Waals surface area contributed by atoms with E-state index in [1.165, 1.54) is 0 Å². The maximum atomic E-state index is 14.7. The number of nitrogens with one attached hydrogen (secondary N) is 1. The minimum absolute atomic E-state index is 0.0787. The topological polar surface area (TPSA) is 210 Å². The van der Waals surface area contributed by atoms with Crippen LogP contribution in [0.25, 0.3) is 0 Å². The average molecular weight is 750 g/mol. The molecule has 1 spiro atoms. The third kappa shape index (κ3) is 7.41. The number of nitrogens with zero attached hydrogens (tertiary/aromatic N) is 2. The molecule has 6 rings (SSSR count). The number of hydrogen-bond donors (Lipinski definition) is 7. The van der Waals surface area contributed by atoms with Crippen LogP contribution in [-0.4, -0.2) is 111 Å². The van der Waals surface area contributed by atoms with Crippen molar-refractivity contribution in [3.05, 3.63) is 95.6 Å². The van der Waals surface area contributed by atoms with Gasteiger partial charge >= 0.3 is 0 Å². The van der Waals surface area contributed by atoms with Crippen molar-refractivity contribution in [2.75, 3.05) is 23.4 Å². The predicted octanol–water partition coefficient (Wildman–Crippen LogP) is 1.18. The van der Waals surface area contributed by atoms with Crippen molar-refractivity contribution in [3.63, 3.8) is 0 Å². The molecule has 7 N–H and O–H groups in total. The second kappa shape index (κ2) is 15.4. The van der Waals surface area contributed by atoms with E-state index in [1.807, 2.05) is 61.5 Å². The Kier molecular flexibility index (Phi) is 11.2. The second-order valence-corrected chi connectivity index (χ2v) is 18.6. The van der Waals surface area contributed by atoms with Gasteiger partial charge in [0.1, 0.15) is 18.3 Å². The van der Waals surface area contributed by atoms with Crippen molar-refractivity contribution >= 4 is 37.4 Å². The zero-order valence-electron chi connectivity index (χ0n) is 29.8. The van der Waals surface area contributed by atoms with Gasteiger partial charge in [-0.25, -0.2) is 0 Å². The SMILES string of the molecule is C[C@@H]1[C@@H]([Si](C)(C)O)[C@H](CC(=O)N(CCO)Cc2ccccc2)O[C@@]12C(=O)N(Cc1ccc(NC(=O)[C@H]3O[C@@H](O)[C@H](O)[C@@H](O)[C@@H]3O)cc1)c1ccccc12. The van der Waals surface area contributed by atoms with Gasteiger partial charge in [-0.3, -0.25) is 14.4 Å². The molecule has 0 aliphatic carbocycles. The first-order valence-electron chi connectivity index (χ1n) is 17.7. The molecule has 3 aromatic carbocycles. The van der Waals surface area contributed by atoms with E-state index >= 15 is 0 Å². The van der Waals surface area contributed by atoms with Crippen molar-refractivity contribution in [2.45, 2.75) is 87.5 Å². The van der Waals surface area contributed by atoms with Gasteiger partial charge in [0.2, 0.25) is 5.91 Å². The van der Waals surface area contributed by atoms with Crippen molar-refractivity contribution in [2.24, 2.45) is 5.92 Å². The molecule has 15 heteroatoms. The van der Waals surface area contributed by atoms with E-state index < -0.39 is 68.1 Å². The van der Waals surface area contributed by atoms with Crippen LogP contribution in [0.4, 0.5) is 11.4 Å². The third-order valence-corrected chi connectivity index (χ3v) is 13.1. The molecule has 3 aromatic rings. The Bertz CT molecular complexity index is 1790. The minimum Gasteiger partial charge on any atom is -0.432 e. The number of hydrogen-bond acceptors (Lipinski definition) is 11. The van der Waals surface area contributed by atoms with Gasteiger partial charge in [-0.15, -0.1) is 0 Å². The lowest BCUT2D eigenvalue weighted by Gasteiger charge is -2.37. The van der Waals surface area contributed by atoms with Crippen LogP contribution >= 0.6 is 0 Å². The fourth-order valence-electron chi connectivity index (χ4n) is 8.07. The summed E-state index contributed by atoms with van der Waals surface area (Å²) in [5.74, 6) is -1.90. The summed E-state index contributed by atoms with van der Waals surface area (Å²) in [6, 6.07) is 23.4. The Labute approximate surface area is 308 Å². The highest BCUT2D eigenvalue weighted by atomic mass is 28.4. The highest BCUT2D eigenvalue weighted by Crippen LogP contribution is 2.59. The lowest BCUT2D eigenvalue weighted by atomic mass is 9.82. The molecule has 0 saturated carbocycles. The van der Waals surface area contributed by atoms with Crippen LogP contribution in [0.15, 0.2) is 78.9 Å².